The van der Waals surface area contributed by atoms with Crippen LogP contribution in [0.25, 0.3) is 0 Å². The number of alkyl halides is 4. The van der Waals surface area contributed by atoms with Gasteiger partial charge in [-0.15, -0.1) is 0 Å². The van der Waals surface area contributed by atoms with Gasteiger partial charge < -0.3 is 36.2 Å². The van der Waals surface area contributed by atoms with Gasteiger partial charge in [0.05, 0.1) is 62.0 Å². The van der Waals surface area contributed by atoms with Crippen LogP contribution in [-0.4, -0.2) is 106 Å². The summed E-state index contributed by atoms with van der Waals surface area (Å²) in [6.07, 6.45) is -9.51. The number of hydrogen-bond acceptors (Lipinski definition) is 8. The maximum Gasteiger partial charge on any atom is 0.471 e. The fourth-order valence-corrected chi connectivity index (χ4v) is 7.63. The molecule has 7 N–H and O–H groups in total. The maximum atomic E-state index is 13.5. The van der Waals surface area contributed by atoms with Gasteiger partial charge in [-0.1, -0.05) is 15.9 Å². The smallest absolute Gasteiger partial charge is 0.394 e. The minimum Gasteiger partial charge on any atom is -0.394 e. The van der Waals surface area contributed by atoms with E-state index in [1.807, 2.05) is 0 Å². The van der Waals surface area contributed by atoms with Crippen molar-refractivity contribution < 1.29 is 53.1 Å². The fraction of sp³-hybridized carbons (Fsp3) is 0.526. The first-order valence-electron chi connectivity index (χ1n) is 10.1. The number of aliphatic hydroxyl groups excluding tert-OH is 5. The SMILES string of the molecule is O=C(NCC(O)CO)c1c(I)c(C(=O)NCC(O)CO)c(I)c(N(CC(O)CBr)C(=O)C(F)(F)F)c1I. The maximum absolute atomic E-state index is 13.5. The first-order valence-corrected chi connectivity index (χ1v) is 14.4. The van der Waals surface area contributed by atoms with Crippen LogP contribution < -0.4 is 15.5 Å². The molecule has 0 spiro atoms. The number of nitrogens with zero attached hydrogens (tertiary/aromatic N) is 1. The van der Waals surface area contributed by atoms with Crippen LogP contribution in [0.5, 0.6) is 0 Å². The van der Waals surface area contributed by atoms with Crippen molar-refractivity contribution in [2.24, 2.45) is 0 Å². The summed E-state index contributed by atoms with van der Waals surface area (Å²) in [6, 6.07) is 0. The molecule has 0 aliphatic heterocycles. The number of carbonyl (C=O) groups excluding carboxylic acids is 3. The number of anilines is 1. The highest BCUT2D eigenvalue weighted by molar-refractivity contribution is 14.1. The number of aliphatic hydroxyl groups is 5. The van der Waals surface area contributed by atoms with Crippen LogP contribution in [0.15, 0.2) is 0 Å². The Morgan fingerprint density at radius 2 is 1.24 bits per heavy atom. The Bertz CT molecular complexity index is 953. The summed E-state index contributed by atoms with van der Waals surface area (Å²) in [7, 11) is 0. The first kappa shape index (κ1) is 34.9. The first-order chi connectivity index (χ1) is 17.1. The van der Waals surface area contributed by atoms with Crippen molar-refractivity contribution in [1.29, 1.82) is 0 Å². The number of amides is 3. The Hall–Kier alpha value is -0.110. The lowest BCUT2D eigenvalue weighted by atomic mass is 10.1. The van der Waals surface area contributed by atoms with Crippen LogP contribution in [-0.2, 0) is 4.79 Å². The van der Waals surface area contributed by atoms with Gasteiger partial charge in [0.2, 0.25) is 0 Å². The van der Waals surface area contributed by atoms with E-state index in [-0.39, 0.29) is 32.1 Å². The Morgan fingerprint density at radius 1 is 0.838 bits per heavy atom. The molecule has 0 saturated heterocycles. The van der Waals surface area contributed by atoms with Gasteiger partial charge in [0, 0.05) is 22.0 Å². The normalized spacial score (nSPS) is 14.1. The molecule has 210 valence electrons. The number of hydrogen-bond donors (Lipinski definition) is 7. The van der Waals surface area contributed by atoms with Crippen LogP contribution in [0.1, 0.15) is 20.7 Å². The van der Waals surface area contributed by atoms with E-state index in [0.29, 0.717) is 0 Å². The molecule has 0 saturated carbocycles. The lowest BCUT2D eigenvalue weighted by Gasteiger charge is -2.30. The minimum atomic E-state index is -5.37. The molecule has 1 rings (SSSR count). The number of nitrogens with one attached hydrogen (secondary N) is 2. The molecule has 11 nitrogen and oxygen atoms in total. The molecule has 0 heterocycles. The van der Waals surface area contributed by atoms with Crippen molar-refractivity contribution in [2.75, 3.05) is 43.1 Å². The third-order valence-corrected chi connectivity index (χ3v) is 8.42. The predicted octanol–water partition coefficient (Wildman–Crippen LogP) is 0.318. The molecule has 0 radical (unpaired) electrons. The van der Waals surface area contributed by atoms with Crippen molar-refractivity contribution in [3.05, 3.63) is 21.8 Å². The number of halogens is 7. The van der Waals surface area contributed by atoms with Crippen molar-refractivity contribution in [1.82, 2.24) is 10.6 Å². The summed E-state index contributed by atoms with van der Waals surface area (Å²) in [4.78, 5) is 38.7. The molecule has 3 unspecified atom stereocenters. The van der Waals surface area contributed by atoms with Gasteiger partial charge in [0.1, 0.15) is 0 Å². The summed E-state index contributed by atoms with van der Waals surface area (Å²) in [5.74, 6) is -4.21. The summed E-state index contributed by atoms with van der Waals surface area (Å²) >= 11 is 7.65. The number of carbonyl (C=O) groups is 3. The van der Waals surface area contributed by atoms with Gasteiger partial charge in [-0.25, -0.2) is 0 Å². The number of rotatable bonds is 12. The molecular formula is C19H22BrF3I3N3O8. The van der Waals surface area contributed by atoms with E-state index in [2.05, 4.69) is 26.6 Å². The molecule has 3 atom stereocenters. The zero-order valence-electron chi connectivity index (χ0n) is 18.5. The molecule has 0 aliphatic carbocycles. The topological polar surface area (TPSA) is 180 Å². The van der Waals surface area contributed by atoms with E-state index in [4.69, 9.17) is 10.2 Å². The van der Waals surface area contributed by atoms with Crippen LogP contribution in [0.4, 0.5) is 18.9 Å². The molecule has 3 amide bonds. The molecule has 0 aromatic heterocycles. The van der Waals surface area contributed by atoms with Crippen LogP contribution in [0, 0.1) is 10.7 Å². The molecular weight excluding hydrogens is 916 g/mol. The van der Waals surface area contributed by atoms with Crippen molar-refractivity contribution in [3.63, 3.8) is 0 Å². The van der Waals surface area contributed by atoms with Crippen molar-refractivity contribution in [3.8, 4) is 0 Å². The lowest BCUT2D eigenvalue weighted by Crippen LogP contribution is -2.47. The van der Waals surface area contributed by atoms with E-state index in [1.54, 1.807) is 67.8 Å². The second-order valence-corrected chi connectivity index (χ2v) is 11.2. The monoisotopic (exact) mass is 937 g/mol. The fourth-order valence-electron chi connectivity index (χ4n) is 2.70. The van der Waals surface area contributed by atoms with Crippen LogP contribution in [0.2, 0.25) is 0 Å². The Morgan fingerprint density at radius 3 is 1.57 bits per heavy atom. The molecule has 1 aromatic rings. The van der Waals surface area contributed by atoms with Crippen molar-refractivity contribution in [2.45, 2.75) is 24.5 Å². The lowest BCUT2D eigenvalue weighted by molar-refractivity contribution is -0.170. The quantitative estimate of drug-likeness (QED) is 0.116. The average Bonchev–Trinajstić information content (AvgIpc) is 2.83. The highest BCUT2D eigenvalue weighted by Gasteiger charge is 2.45. The molecule has 0 bridgehead atoms. The van der Waals surface area contributed by atoms with E-state index in [0.717, 1.165) is 0 Å². The third kappa shape index (κ3) is 9.49. The van der Waals surface area contributed by atoms with E-state index in [9.17, 15) is 42.9 Å². The predicted molar refractivity (Wildman–Crippen MR) is 154 cm³/mol. The Kier molecular flexibility index (Phi) is 14.7. The summed E-state index contributed by atoms with van der Waals surface area (Å²) in [6.45, 7) is -3.08. The number of benzene rings is 1. The molecule has 0 fully saturated rings. The van der Waals surface area contributed by atoms with Gasteiger partial charge in [-0.2, -0.15) is 13.2 Å². The Labute approximate surface area is 258 Å². The zero-order valence-corrected chi connectivity index (χ0v) is 26.6. The molecule has 0 aliphatic rings. The zero-order chi connectivity index (χ0) is 28.7. The summed E-state index contributed by atoms with van der Waals surface area (Å²) in [5, 5.41) is 51.6. The van der Waals surface area contributed by atoms with Crippen molar-refractivity contribution >= 4 is 107 Å². The molecule has 37 heavy (non-hydrogen) atoms. The van der Waals surface area contributed by atoms with E-state index in [1.165, 1.54) is 0 Å². The van der Waals surface area contributed by atoms with Gasteiger partial charge in [-0.05, 0) is 67.8 Å². The highest BCUT2D eigenvalue weighted by Crippen LogP contribution is 2.39. The van der Waals surface area contributed by atoms with Gasteiger partial charge in [0.25, 0.3) is 11.8 Å². The van der Waals surface area contributed by atoms with Gasteiger partial charge in [0.15, 0.2) is 0 Å². The largest absolute Gasteiger partial charge is 0.471 e. The second kappa shape index (κ2) is 15.6. The van der Waals surface area contributed by atoms with Gasteiger partial charge >= 0.3 is 12.1 Å². The standard InChI is InChI=1S/C19H22BrF3I3N3O8/c20-1-7(32)4-29(18(37)19(21,22)23)15-13(25)10(16(35)27-2-8(33)5-30)12(24)11(14(15)26)17(36)28-3-9(34)6-31/h7-9,30-34H,1-6H2,(H,27,35)(H,28,36). The Balaban J connectivity index is 3.90. The highest BCUT2D eigenvalue weighted by atomic mass is 127. The summed E-state index contributed by atoms with van der Waals surface area (Å²) in [5.41, 5.74) is -1.07. The molecule has 1 aromatic carbocycles. The third-order valence-electron chi connectivity index (χ3n) is 4.49. The summed E-state index contributed by atoms with van der Waals surface area (Å²) < 4.78 is 40.3. The van der Waals surface area contributed by atoms with Crippen LogP contribution in [0.3, 0.4) is 0 Å². The van der Waals surface area contributed by atoms with E-state index >= 15 is 0 Å². The minimum absolute atomic E-state index is 0.0254. The van der Waals surface area contributed by atoms with Gasteiger partial charge in [-0.3, -0.25) is 19.3 Å². The average molecular weight is 938 g/mol. The molecule has 18 heteroatoms. The second-order valence-electron chi connectivity index (χ2n) is 7.36. The van der Waals surface area contributed by atoms with Crippen LogP contribution >= 0.6 is 83.7 Å². The van der Waals surface area contributed by atoms with E-state index < -0.39 is 80.7 Å².